The van der Waals surface area contributed by atoms with E-state index in [0.717, 1.165) is 25.9 Å². The molecule has 0 atom stereocenters. The number of halogens is 1. The van der Waals surface area contributed by atoms with Crippen molar-refractivity contribution in [1.29, 1.82) is 0 Å². The van der Waals surface area contributed by atoms with Crippen molar-refractivity contribution in [2.45, 2.75) is 44.8 Å². The number of benzene rings is 2. The molecule has 0 spiro atoms. The van der Waals surface area contributed by atoms with Gasteiger partial charge in [-0.05, 0) is 43.2 Å². The fourth-order valence-electron chi connectivity index (χ4n) is 4.37. The molecule has 0 amide bonds. The highest BCUT2D eigenvalue weighted by Crippen LogP contribution is 2.32. The summed E-state index contributed by atoms with van der Waals surface area (Å²) in [5, 5.41) is 0. The van der Waals surface area contributed by atoms with Crippen LogP contribution < -0.4 is 9.64 Å². The van der Waals surface area contributed by atoms with Gasteiger partial charge in [0.25, 0.3) is 0 Å². The van der Waals surface area contributed by atoms with Crippen LogP contribution in [-0.4, -0.2) is 51.7 Å². The standard InChI is InChI=1S/C24H29FN2O6S/c1-3-27(4-2)34(29,30)20-7-8-22(26-9-5-6-10-26)21(13-20)24(28)32-15-18-12-19(25)11-17-14-31-16-33-23(17)18/h7-8,11-13H,3-6,9-10,14-16H2,1-2H3. The summed E-state index contributed by atoms with van der Waals surface area (Å²) in [5.74, 6) is -0.717. The van der Waals surface area contributed by atoms with E-state index in [0.29, 0.717) is 35.7 Å². The number of carbonyl (C=O) groups excluding carboxylic acids is 1. The second-order valence-corrected chi connectivity index (χ2v) is 10.1. The highest BCUT2D eigenvalue weighted by molar-refractivity contribution is 7.89. The van der Waals surface area contributed by atoms with E-state index in [9.17, 15) is 17.6 Å². The number of hydrogen-bond acceptors (Lipinski definition) is 7. The first-order chi connectivity index (χ1) is 16.3. The Bertz CT molecular complexity index is 1160. The lowest BCUT2D eigenvalue weighted by atomic mass is 10.1. The number of ether oxygens (including phenoxy) is 3. The molecule has 184 valence electrons. The third-order valence-electron chi connectivity index (χ3n) is 6.09. The molecule has 0 bridgehead atoms. The third-order valence-corrected chi connectivity index (χ3v) is 8.13. The number of esters is 1. The van der Waals surface area contributed by atoms with Crippen molar-refractivity contribution in [1.82, 2.24) is 4.31 Å². The Morgan fingerprint density at radius 2 is 1.88 bits per heavy atom. The van der Waals surface area contributed by atoms with Crippen LogP contribution in [0.5, 0.6) is 5.75 Å². The summed E-state index contributed by atoms with van der Waals surface area (Å²) in [6.07, 6.45) is 1.98. The van der Waals surface area contributed by atoms with Crippen LogP contribution in [0.1, 0.15) is 48.2 Å². The van der Waals surface area contributed by atoms with Gasteiger partial charge in [-0.2, -0.15) is 4.31 Å². The first kappa shape index (κ1) is 24.4. The van der Waals surface area contributed by atoms with E-state index in [1.54, 1.807) is 19.9 Å². The number of nitrogens with zero attached hydrogens (tertiary/aromatic N) is 2. The van der Waals surface area contributed by atoms with Gasteiger partial charge in [0, 0.05) is 37.3 Å². The molecule has 0 N–H and O–H groups in total. The number of hydrogen-bond donors (Lipinski definition) is 0. The third kappa shape index (κ3) is 4.89. The molecule has 2 aromatic carbocycles. The fraction of sp³-hybridized carbons (Fsp3) is 0.458. The van der Waals surface area contributed by atoms with E-state index >= 15 is 0 Å². The summed E-state index contributed by atoms with van der Waals surface area (Å²) in [7, 11) is -3.76. The smallest absolute Gasteiger partial charge is 0.340 e. The van der Waals surface area contributed by atoms with Gasteiger partial charge in [0.2, 0.25) is 10.0 Å². The topological polar surface area (TPSA) is 85.4 Å². The maximum atomic E-state index is 14.1. The molecule has 0 aromatic heterocycles. The lowest BCUT2D eigenvalue weighted by Gasteiger charge is -2.24. The van der Waals surface area contributed by atoms with Crippen molar-refractivity contribution in [3.05, 3.63) is 52.8 Å². The summed E-state index contributed by atoms with van der Waals surface area (Å²) in [4.78, 5) is 15.3. The summed E-state index contributed by atoms with van der Waals surface area (Å²) in [5.41, 5.74) is 1.74. The Balaban J connectivity index is 1.65. The van der Waals surface area contributed by atoms with Crippen LogP contribution in [0.2, 0.25) is 0 Å². The van der Waals surface area contributed by atoms with Gasteiger partial charge in [0.15, 0.2) is 6.79 Å². The fourth-order valence-corrected chi connectivity index (χ4v) is 5.86. The summed E-state index contributed by atoms with van der Waals surface area (Å²) < 4.78 is 57.8. The van der Waals surface area contributed by atoms with E-state index in [1.165, 1.54) is 28.6 Å². The first-order valence-corrected chi connectivity index (χ1v) is 12.9. The molecule has 0 radical (unpaired) electrons. The first-order valence-electron chi connectivity index (χ1n) is 11.4. The Morgan fingerprint density at radius 3 is 2.59 bits per heavy atom. The Labute approximate surface area is 199 Å². The van der Waals surface area contributed by atoms with Crippen LogP contribution in [0.25, 0.3) is 0 Å². The number of carbonyl (C=O) groups is 1. The minimum absolute atomic E-state index is 0.0317. The van der Waals surface area contributed by atoms with Crippen molar-refractivity contribution < 1.29 is 31.8 Å². The van der Waals surface area contributed by atoms with E-state index in [4.69, 9.17) is 14.2 Å². The van der Waals surface area contributed by atoms with Gasteiger partial charge in [0.05, 0.1) is 22.8 Å². The van der Waals surface area contributed by atoms with Gasteiger partial charge in [0.1, 0.15) is 18.2 Å². The quantitative estimate of drug-likeness (QED) is 0.520. The summed E-state index contributed by atoms with van der Waals surface area (Å²) >= 11 is 0. The molecule has 1 fully saturated rings. The van der Waals surface area contributed by atoms with Crippen LogP contribution in [0.3, 0.4) is 0 Å². The molecule has 2 heterocycles. The van der Waals surface area contributed by atoms with E-state index in [2.05, 4.69) is 4.90 Å². The summed E-state index contributed by atoms with van der Waals surface area (Å²) in [6.45, 7) is 5.74. The molecular formula is C24H29FN2O6S. The largest absolute Gasteiger partial charge is 0.467 e. The molecule has 0 aliphatic carbocycles. The lowest BCUT2D eigenvalue weighted by molar-refractivity contribution is -0.0182. The molecule has 34 heavy (non-hydrogen) atoms. The molecule has 2 aliphatic rings. The number of sulfonamides is 1. The predicted octanol–water partition coefficient (Wildman–Crippen LogP) is 3.68. The Hall–Kier alpha value is -2.69. The monoisotopic (exact) mass is 492 g/mol. The highest BCUT2D eigenvalue weighted by atomic mass is 32.2. The minimum atomic E-state index is -3.76. The van der Waals surface area contributed by atoms with Gasteiger partial charge >= 0.3 is 5.97 Å². The molecule has 10 heteroatoms. The van der Waals surface area contributed by atoms with E-state index < -0.39 is 21.8 Å². The normalized spacial score (nSPS) is 15.8. The Kier molecular flexibility index (Phi) is 7.39. The molecule has 1 saturated heterocycles. The minimum Gasteiger partial charge on any atom is -0.467 e. The maximum absolute atomic E-state index is 14.1. The predicted molar refractivity (Wildman–Crippen MR) is 124 cm³/mol. The average Bonchev–Trinajstić information content (AvgIpc) is 3.37. The highest BCUT2D eigenvalue weighted by Gasteiger charge is 2.27. The number of rotatable bonds is 8. The van der Waals surface area contributed by atoms with Crippen LogP contribution in [-0.2, 0) is 32.7 Å². The zero-order chi connectivity index (χ0) is 24.3. The summed E-state index contributed by atoms with van der Waals surface area (Å²) in [6, 6.07) is 7.18. The van der Waals surface area contributed by atoms with Gasteiger partial charge in [-0.1, -0.05) is 13.8 Å². The SMILES string of the molecule is CCN(CC)S(=O)(=O)c1ccc(N2CCCC2)c(C(=O)OCc2cc(F)cc3c2OCOC3)c1. The van der Waals surface area contributed by atoms with Crippen LogP contribution in [0.15, 0.2) is 35.2 Å². The van der Waals surface area contributed by atoms with Crippen molar-refractivity contribution in [3.63, 3.8) is 0 Å². The molecule has 2 aromatic rings. The second-order valence-electron chi connectivity index (χ2n) is 8.20. The lowest BCUT2D eigenvalue weighted by Crippen LogP contribution is -2.31. The number of fused-ring (bicyclic) bond motifs is 1. The van der Waals surface area contributed by atoms with Crippen molar-refractivity contribution in [3.8, 4) is 5.75 Å². The zero-order valence-corrected chi connectivity index (χ0v) is 20.2. The molecule has 0 unspecified atom stereocenters. The van der Waals surface area contributed by atoms with Gasteiger partial charge in [-0.15, -0.1) is 0 Å². The van der Waals surface area contributed by atoms with Crippen LogP contribution in [0.4, 0.5) is 10.1 Å². The van der Waals surface area contributed by atoms with E-state index in [-0.39, 0.29) is 30.5 Å². The molecule has 8 nitrogen and oxygen atoms in total. The number of anilines is 1. The molecular weight excluding hydrogens is 463 g/mol. The maximum Gasteiger partial charge on any atom is 0.340 e. The molecule has 0 saturated carbocycles. The van der Waals surface area contributed by atoms with Gasteiger partial charge in [-0.25, -0.2) is 17.6 Å². The van der Waals surface area contributed by atoms with Crippen LogP contribution >= 0.6 is 0 Å². The molecule has 4 rings (SSSR count). The zero-order valence-electron chi connectivity index (χ0n) is 19.4. The van der Waals surface area contributed by atoms with Crippen molar-refractivity contribution in [2.24, 2.45) is 0 Å². The Morgan fingerprint density at radius 1 is 1.15 bits per heavy atom. The van der Waals surface area contributed by atoms with Crippen molar-refractivity contribution >= 4 is 21.7 Å². The van der Waals surface area contributed by atoms with E-state index in [1.807, 2.05) is 0 Å². The second kappa shape index (κ2) is 10.3. The molecule has 2 aliphatic heterocycles. The van der Waals surface area contributed by atoms with Gasteiger partial charge in [-0.3, -0.25) is 0 Å². The van der Waals surface area contributed by atoms with Crippen LogP contribution in [0, 0.1) is 5.82 Å². The van der Waals surface area contributed by atoms with Crippen molar-refractivity contribution in [2.75, 3.05) is 37.9 Å². The van der Waals surface area contributed by atoms with Gasteiger partial charge < -0.3 is 19.1 Å². The average molecular weight is 493 g/mol.